The molecule has 0 fully saturated rings. The Morgan fingerprint density at radius 3 is 2.67 bits per heavy atom. The molecule has 1 unspecified atom stereocenters. The molecule has 0 saturated heterocycles. The molecule has 0 spiro atoms. The number of ether oxygens (including phenoxy) is 2. The molecule has 1 atom stereocenters. The van der Waals surface area contributed by atoms with E-state index in [1.807, 2.05) is 0 Å². The Morgan fingerprint density at radius 1 is 1.24 bits per heavy atom. The van der Waals surface area contributed by atoms with E-state index in [0.717, 1.165) is 0 Å². The first-order valence-corrected chi connectivity index (χ1v) is 9.92. The van der Waals surface area contributed by atoms with Crippen LogP contribution in [0.5, 0.6) is 11.5 Å². The van der Waals surface area contributed by atoms with E-state index in [1.165, 1.54) is 36.1 Å². The highest BCUT2D eigenvalue weighted by Gasteiger charge is 2.35. The summed E-state index contributed by atoms with van der Waals surface area (Å²) >= 11 is 0. The number of halogens is 1. The van der Waals surface area contributed by atoms with E-state index < -0.39 is 23.6 Å². The lowest BCUT2D eigenvalue weighted by molar-refractivity contribution is -0.120. The standard InChI is InChI=1S/C23H20FN3O6/c1-32-18-8-12(6-7-17(18)33-11-19(25)28)13-9-20(29)26-21-14(23(30)31)10-27(22(13)21)16-5-3-2-4-15(16)24/h2-8,10,13H,9,11H2,1H3,(H2,25,28)(H,26,29)(H,30,31). The normalized spacial score (nSPS) is 14.8. The Morgan fingerprint density at radius 2 is 2.00 bits per heavy atom. The number of nitrogens with two attached hydrogens (primary N) is 1. The number of carboxylic acids is 1. The van der Waals surface area contributed by atoms with Crippen LogP contribution in [0.25, 0.3) is 5.69 Å². The summed E-state index contributed by atoms with van der Waals surface area (Å²) in [5.41, 5.74) is 6.27. The van der Waals surface area contributed by atoms with Crippen LogP contribution in [0, 0.1) is 5.82 Å². The van der Waals surface area contributed by atoms with Gasteiger partial charge < -0.3 is 30.2 Å². The second-order valence-corrected chi connectivity index (χ2v) is 7.40. The summed E-state index contributed by atoms with van der Waals surface area (Å²) < 4.78 is 26.8. The molecule has 3 aromatic rings. The van der Waals surface area contributed by atoms with Gasteiger partial charge in [-0.15, -0.1) is 0 Å². The number of para-hydroxylation sites is 1. The SMILES string of the molecule is COc1cc(C2CC(=O)Nc3c(C(=O)O)cn(-c4ccccc4F)c32)ccc1OCC(N)=O. The summed E-state index contributed by atoms with van der Waals surface area (Å²) in [4.78, 5) is 35.4. The number of aromatic carboxylic acids is 1. The van der Waals surface area contributed by atoms with Gasteiger partial charge in [0.1, 0.15) is 11.4 Å². The van der Waals surface area contributed by atoms with Gasteiger partial charge in [-0.1, -0.05) is 18.2 Å². The first-order chi connectivity index (χ1) is 15.8. The molecule has 33 heavy (non-hydrogen) atoms. The van der Waals surface area contributed by atoms with Gasteiger partial charge in [0, 0.05) is 18.5 Å². The largest absolute Gasteiger partial charge is 0.493 e. The fraction of sp³-hybridized carbons (Fsp3) is 0.174. The number of primary amides is 1. The van der Waals surface area contributed by atoms with E-state index in [2.05, 4.69) is 5.32 Å². The number of carbonyl (C=O) groups excluding carboxylic acids is 2. The van der Waals surface area contributed by atoms with Crippen molar-refractivity contribution in [2.24, 2.45) is 5.73 Å². The maximum Gasteiger partial charge on any atom is 0.339 e. The van der Waals surface area contributed by atoms with Crippen LogP contribution in [0.1, 0.15) is 34.0 Å². The molecule has 2 heterocycles. The number of nitrogens with one attached hydrogen (secondary N) is 1. The number of fused-ring (bicyclic) bond motifs is 1. The number of rotatable bonds is 7. The van der Waals surface area contributed by atoms with E-state index in [4.69, 9.17) is 15.2 Å². The topological polar surface area (TPSA) is 133 Å². The molecule has 4 rings (SSSR count). The zero-order valence-corrected chi connectivity index (χ0v) is 17.5. The second kappa shape index (κ2) is 8.65. The van der Waals surface area contributed by atoms with Crippen LogP contribution in [-0.4, -0.2) is 41.2 Å². The Balaban J connectivity index is 1.88. The van der Waals surface area contributed by atoms with Gasteiger partial charge in [-0.3, -0.25) is 9.59 Å². The van der Waals surface area contributed by atoms with Gasteiger partial charge in [0.25, 0.3) is 5.91 Å². The van der Waals surface area contributed by atoms with Crippen LogP contribution in [0.3, 0.4) is 0 Å². The number of hydrogen-bond donors (Lipinski definition) is 3. The number of anilines is 1. The van der Waals surface area contributed by atoms with Crippen LogP contribution in [-0.2, 0) is 9.59 Å². The second-order valence-electron chi connectivity index (χ2n) is 7.40. The highest BCUT2D eigenvalue weighted by Crippen LogP contribution is 2.43. The van der Waals surface area contributed by atoms with Crippen molar-refractivity contribution < 1.29 is 33.4 Å². The molecule has 4 N–H and O–H groups in total. The quantitative estimate of drug-likeness (QED) is 0.504. The highest BCUT2D eigenvalue weighted by atomic mass is 19.1. The smallest absolute Gasteiger partial charge is 0.339 e. The summed E-state index contributed by atoms with van der Waals surface area (Å²) in [6.07, 6.45) is 1.29. The number of carbonyl (C=O) groups is 3. The van der Waals surface area contributed by atoms with Gasteiger partial charge in [-0.25, -0.2) is 9.18 Å². The van der Waals surface area contributed by atoms with Crippen LogP contribution in [0.2, 0.25) is 0 Å². The third kappa shape index (κ3) is 4.10. The average molecular weight is 453 g/mol. The molecule has 0 saturated carbocycles. The van der Waals surface area contributed by atoms with Crippen molar-refractivity contribution in [2.45, 2.75) is 12.3 Å². The lowest BCUT2D eigenvalue weighted by atomic mass is 9.88. The Hall–Kier alpha value is -4.34. The summed E-state index contributed by atoms with van der Waals surface area (Å²) in [5, 5.41) is 12.3. The molecule has 2 amide bonds. The van der Waals surface area contributed by atoms with Crippen molar-refractivity contribution in [2.75, 3.05) is 19.0 Å². The third-order valence-corrected chi connectivity index (χ3v) is 5.33. The molecule has 1 aromatic heterocycles. The predicted octanol–water partition coefficient (Wildman–Crippen LogP) is 2.66. The highest BCUT2D eigenvalue weighted by molar-refractivity contribution is 6.04. The Labute approximate surface area is 187 Å². The van der Waals surface area contributed by atoms with Crippen molar-refractivity contribution >= 4 is 23.5 Å². The van der Waals surface area contributed by atoms with Crippen LogP contribution in [0.15, 0.2) is 48.7 Å². The monoisotopic (exact) mass is 453 g/mol. The first kappa shape index (κ1) is 21.9. The van der Waals surface area contributed by atoms with Gasteiger partial charge in [0.2, 0.25) is 5.91 Å². The molecular weight excluding hydrogens is 433 g/mol. The fourth-order valence-corrected chi connectivity index (χ4v) is 3.92. The minimum absolute atomic E-state index is 0.00479. The maximum absolute atomic E-state index is 14.7. The van der Waals surface area contributed by atoms with Crippen molar-refractivity contribution in [1.82, 2.24) is 4.57 Å². The van der Waals surface area contributed by atoms with Crippen molar-refractivity contribution in [1.29, 1.82) is 0 Å². The van der Waals surface area contributed by atoms with Crippen molar-refractivity contribution in [3.63, 3.8) is 0 Å². The molecule has 1 aliphatic rings. The summed E-state index contributed by atoms with van der Waals surface area (Å²) in [7, 11) is 1.42. The number of nitrogens with zero attached hydrogens (tertiary/aromatic N) is 1. The number of aromatic nitrogens is 1. The number of hydrogen-bond acceptors (Lipinski definition) is 5. The van der Waals surface area contributed by atoms with E-state index >= 15 is 0 Å². The van der Waals surface area contributed by atoms with Crippen LogP contribution < -0.4 is 20.5 Å². The number of carboxylic acid groups (broad SMARTS) is 1. The zero-order chi connectivity index (χ0) is 23.7. The number of methoxy groups -OCH3 is 1. The number of benzene rings is 2. The number of amides is 2. The third-order valence-electron chi connectivity index (χ3n) is 5.33. The Kier molecular flexibility index (Phi) is 5.74. The van der Waals surface area contributed by atoms with Crippen LogP contribution >= 0.6 is 0 Å². The molecule has 0 aliphatic carbocycles. The van der Waals surface area contributed by atoms with Gasteiger partial charge in [0.15, 0.2) is 18.1 Å². The molecule has 10 heteroatoms. The fourth-order valence-electron chi connectivity index (χ4n) is 3.92. The zero-order valence-electron chi connectivity index (χ0n) is 17.5. The van der Waals surface area contributed by atoms with Crippen molar-refractivity contribution in [3.05, 3.63) is 71.3 Å². The molecule has 1 aliphatic heterocycles. The minimum Gasteiger partial charge on any atom is -0.493 e. The molecule has 9 nitrogen and oxygen atoms in total. The van der Waals surface area contributed by atoms with Gasteiger partial charge in [-0.05, 0) is 29.8 Å². The predicted molar refractivity (Wildman–Crippen MR) is 115 cm³/mol. The Bertz CT molecular complexity index is 1270. The van der Waals surface area contributed by atoms with E-state index in [1.54, 1.807) is 24.3 Å². The summed E-state index contributed by atoms with van der Waals surface area (Å²) in [5.74, 6) is -2.88. The minimum atomic E-state index is -1.25. The maximum atomic E-state index is 14.7. The van der Waals surface area contributed by atoms with E-state index in [-0.39, 0.29) is 41.6 Å². The van der Waals surface area contributed by atoms with E-state index in [0.29, 0.717) is 17.0 Å². The van der Waals surface area contributed by atoms with Crippen LogP contribution in [0.4, 0.5) is 10.1 Å². The molecule has 2 aromatic carbocycles. The molecule has 170 valence electrons. The lowest BCUT2D eigenvalue weighted by Crippen LogP contribution is -2.25. The molecular formula is C23H20FN3O6. The molecule has 0 bridgehead atoms. The summed E-state index contributed by atoms with van der Waals surface area (Å²) in [6, 6.07) is 10.8. The van der Waals surface area contributed by atoms with Gasteiger partial charge in [0.05, 0.1) is 24.2 Å². The molecule has 0 radical (unpaired) electrons. The van der Waals surface area contributed by atoms with Gasteiger partial charge >= 0.3 is 5.97 Å². The van der Waals surface area contributed by atoms with Gasteiger partial charge in [-0.2, -0.15) is 0 Å². The average Bonchev–Trinajstić information content (AvgIpc) is 3.16. The lowest BCUT2D eigenvalue weighted by Gasteiger charge is -2.27. The first-order valence-electron chi connectivity index (χ1n) is 9.92. The summed E-state index contributed by atoms with van der Waals surface area (Å²) in [6.45, 7) is -0.343. The van der Waals surface area contributed by atoms with Crippen molar-refractivity contribution in [3.8, 4) is 17.2 Å². The van der Waals surface area contributed by atoms with E-state index in [9.17, 15) is 23.9 Å².